The van der Waals surface area contributed by atoms with E-state index >= 15 is 0 Å². The Hall–Kier alpha value is -1.81. The van der Waals surface area contributed by atoms with Crippen LogP contribution in [0.15, 0.2) is 30.6 Å². The Kier molecular flexibility index (Phi) is 3.67. The van der Waals surface area contributed by atoms with Crippen LogP contribution in [0, 0.1) is 0 Å². The second kappa shape index (κ2) is 5.23. The molecule has 1 aromatic carbocycles. The zero-order valence-corrected chi connectivity index (χ0v) is 11.1. The van der Waals surface area contributed by atoms with Gasteiger partial charge in [-0.05, 0) is 17.5 Å². The molecule has 18 heavy (non-hydrogen) atoms. The van der Waals surface area contributed by atoms with Gasteiger partial charge in [-0.15, -0.1) is 0 Å². The fraction of sp³-hybridized carbons (Fsp3) is 0.231. The normalized spacial score (nSPS) is 10.7. The quantitative estimate of drug-likeness (QED) is 0.887. The Morgan fingerprint density at radius 3 is 2.67 bits per heavy atom. The molecule has 94 valence electrons. The van der Waals surface area contributed by atoms with E-state index in [2.05, 4.69) is 35.2 Å². The maximum atomic E-state index is 6.06. The number of benzene rings is 1. The number of anilines is 3. The summed E-state index contributed by atoms with van der Waals surface area (Å²) in [6.07, 6.45) is 1.39. The monoisotopic (exact) mass is 262 g/mol. The Morgan fingerprint density at radius 2 is 1.94 bits per heavy atom. The molecule has 0 radical (unpaired) electrons. The molecule has 0 unspecified atom stereocenters. The Labute approximate surface area is 111 Å². The van der Waals surface area contributed by atoms with Crippen LogP contribution in [0.1, 0.15) is 25.3 Å². The van der Waals surface area contributed by atoms with Gasteiger partial charge in [-0.25, -0.2) is 9.97 Å². The van der Waals surface area contributed by atoms with Gasteiger partial charge in [0.2, 0.25) is 0 Å². The van der Waals surface area contributed by atoms with Crippen LogP contribution in [0.3, 0.4) is 0 Å². The third kappa shape index (κ3) is 2.54. The highest BCUT2D eigenvalue weighted by molar-refractivity contribution is 6.35. The molecule has 1 aromatic heterocycles. The summed E-state index contributed by atoms with van der Waals surface area (Å²) in [4.78, 5) is 7.93. The van der Waals surface area contributed by atoms with Crippen molar-refractivity contribution < 1.29 is 0 Å². The highest BCUT2D eigenvalue weighted by Gasteiger charge is 2.10. The van der Waals surface area contributed by atoms with Crippen molar-refractivity contribution >= 4 is 28.9 Å². The van der Waals surface area contributed by atoms with Crippen LogP contribution in [0.2, 0.25) is 5.02 Å². The number of hydrogen-bond donors (Lipinski definition) is 2. The minimum Gasteiger partial charge on any atom is -0.382 e. The molecular weight excluding hydrogens is 248 g/mol. The molecular formula is C13H15ClN4. The highest BCUT2D eigenvalue weighted by atomic mass is 35.5. The molecule has 1 heterocycles. The van der Waals surface area contributed by atoms with E-state index in [1.54, 1.807) is 0 Å². The van der Waals surface area contributed by atoms with E-state index in [0.29, 0.717) is 16.8 Å². The second-order valence-corrected chi connectivity index (χ2v) is 4.67. The number of nitrogens with one attached hydrogen (secondary N) is 1. The first-order valence-corrected chi connectivity index (χ1v) is 6.09. The van der Waals surface area contributed by atoms with Crippen molar-refractivity contribution in [1.29, 1.82) is 0 Å². The molecule has 5 heteroatoms. The number of para-hydroxylation sites is 1. The lowest BCUT2D eigenvalue weighted by atomic mass is 10.0. The zero-order valence-electron chi connectivity index (χ0n) is 10.3. The van der Waals surface area contributed by atoms with Crippen LogP contribution in [0.25, 0.3) is 0 Å². The topological polar surface area (TPSA) is 63.8 Å². The molecule has 0 saturated carbocycles. The van der Waals surface area contributed by atoms with Gasteiger partial charge in [-0.1, -0.05) is 43.6 Å². The smallest absolute Gasteiger partial charge is 0.154 e. The van der Waals surface area contributed by atoms with Gasteiger partial charge in [-0.2, -0.15) is 0 Å². The third-order valence-electron chi connectivity index (χ3n) is 2.65. The Bertz CT molecular complexity index is 554. The first-order valence-electron chi connectivity index (χ1n) is 5.71. The minimum atomic E-state index is 0.274. The maximum absolute atomic E-state index is 6.06. The van der Waals surface area contributed by atoms with E-state index in [1.807, 2.05) is 18.2 Å². The molecule has 0 amide bonds. The van der Waals surface area contributed by atoms with E-state index in [0.717, 1.165) is 5.69 Å². The molecule has 0 aliphatic rings. The van der Waals surface area contributed by atoms with Gasteiger partial charge in [0.25, 0.3) is 0 Å². The summed E-state index contributed by atoms with van der Waals surface area (Å²) in [6.45, 7) is 4.27. The van der Waals surface area contributed by atoms with E-state index in [4.69, 9.17) is 17.3 Å². The summed E-state index contributed by atoms with van der Waals surface area (Å²) >= 11 is 6.06. The van der Waals surface area contributed by atoms with E-state index < -0.39 is 0 Å². The summed E-state index contributed by atoms with van der Waals surface area (Å²) in [5.41, 5.74) is 7.83. The summed E-state index contributed by atoms with van der Waals surface area (Å²) in [5, 5.41) is 3.54. The molecule has 2 aromatic rings. The van der Waals surface area contributed by atoms with Crippen LogP contribution in [0.5, 0.6) is 0 Å². The van der Waals surface area contributed by atoms with Gasteiger partial charge in [0.05, 0.1) is 0 Å². The van der Waals surface area contributed by atoms with Gasteiger partial charge in [-0.3, -0.25) is 0 Å². The summed E-state index contributed by atoms with van der Waals surface area (Å²) in [6, 6.07) is 8.04. The van der Waals surface area contributed by atoms with Gasteiger partial charge in [0, 0.05) is 5.69 Å². The molecule has 4 nitrogen and oxygen atoms in total. The first-order chi connectivity index (χ1) is 8.59. The van der Waals surface area contributed by atoms with Crippen LogP contribution >= 0.6 is 11.6 Å². The lowest BCUT2D eigenvalue weighted by molar-refractivity contribution is 0.869. The molecule has 0 atom stereocenters. The lowest BCUT2D eigenvalue weighted by Gasteiger charge is -2.14. The summed E-state index contributed by atoms with van der Waals surface area (Å²) in [5.74, 6) is 1.21. The molecule has 0 saturated heterocycles. The second-order valence-electron chi connectivity index (χ2n) is 4.29. The predicted molar refractivity (Wildman–Crippen MR) is 75.3 cm³/mol. The van der Waals surface area contributed by atoms with E-state index in [9.17, 15) is 0 Å². The van der Waals surface area contributed by atoms with Gasteiger partial charge >= 0.3 is 0 Å². The van der Waals surface area contributed by atoms with Crippen molar-refractivity contribution in [3.63, 3.8) is 0 Å². The SMILES string of the molecule is CC(C)c1ccccc1Nc1ncnc(N)c1Cl. The maximum Gasteiger partial charge on any atom is 0.154 e. The number of nitrogens with zero attached hydrogens (tertiary/aromatic N) is 2. The predicted octanol–water partition coefficient (Wildman–Crippen LogP) is 3.58. The first kappa shape index (κ1) is 12.6. The fourth-order valence-corrected chi connectivity index (χ4v) is 1.86. The largest absolute Gasteiger partial charge is 0.382 e. The van der Waals surface area contributed by atoms with Crippen LogP contribution < -0.4 is 11.1 Å². The highest BCUT2D eigenvalue weighted by Crippen LogP contribution is 2.30. The molecule has 2 rings (SSSR count). The molecule has 0 bridgehead atoms. The van der Waals surface area contributed by atoms with Crippen molar-refractivity contribution in [2.75, 3.05) is 11.1 Å². The van der Waals surface area contributed by atoms with Gasteiger partial charge < -0.3 is 11.1 Å². The van der Waals surface area contributed by atoms with Crippen LogP contribution in [-0.2, 0) is 0 Å². The standard InChI is InChI=1S/C13H15ClN4/c1-8(2)9-5-3-4-6-10(9)18-13-11(14)12(15)16-7-17-13/h3-8H,1-2H3,(H3,15,16,17,18). The van der Waals surface area contributed by atoms with Crippen molar-refractivity contribution in [3.8, 4) is 0 Å². The van der Waals surface area contributed by atoms with Gasteiger partial charge in [0.1, 0.15) is 17.2 Å². The van der Waals surface area contributed by atoms with Crippen molar-refractivity contribution in [2.24, 2.45) is 0 Å². The van der Waals surface area contributed by atoms with Crippen LogP contribution in [0.4, 0.5) is 17.3 Å². The van der Waals surface area contributed by atoms with E-state index in [1.165, 1.54) is 11.9 Å². The molecule has 0 fully saturated rings. The number of halogens is 1. The fourth-order valence-electron chi connectivity index (χ4n) is 1.71. The van der Waals surface area contributed by atoms with Crippen molar-refractivity contribution in [2.45, 2.75) is 19.8 Å². The molecule has 3 N–H and O–H groups in total. The number of rotatable bonds is 3. The Morgan fingerprint density at radius 1 is 1.22 bits per heavy atom. The minimum absolute atomic E-state index is 0.274. The molecule has 0 aliphatic heterocycles. The summed E-state index contributed by atoms with van der Waals surface area (Å²) in [7, 11) is 0. The van der Waals surface area contributed by atoms with Gasteiger partial charge in [0.15, 0.2) is 5.82 Å². The Balaban J connectivity index is 2.37. The van der Waals surface area contributed by atoms with Crippen molar-refractivity contribution in [1.82, 2.24) is 9.97 Å². The number of nitrogen functional groups attached to an aromatic ring is 1. The molecule has 0 aliphatic carbocycles. The zero-order chi connectivity index (χ0) is 13.1. The number of nitrogens with two attached hydrogens (primary N) is 1. The average Bonchev–Trinajstić information content (AvgIpc) is 2.35. The average molecular weight is 263 g/mol. The van der Waals surface area contributed by atoms with E-state index in [-0.39, 0.29) is 5.82 Å². The lowest BCUT2D eigenvalue weighted by Crippen LogP contribution is -2.02. The van der Waals surface area contributed by atoms with Crippen molar-refractivity contribution in [3.05, 3.63) is 41.2 Å². The number of hydrogen-bond acceptors (Lipinski definition) is 4. The van der Waals surface area contributed by atoms with Crippen LogP contribution in [-0.4, -0.2) is 9.97 Å². The molecule has 0 spiro atoms. The third-order valence-corrected chi connectivity index (χ3v) is 3.02. The number of aromatic nitrogens is 2. The summed E-state index contributed by atoms with van der Waals surface area (Å²) < 4.78 is 0.